The summed E-state index contributed by atoms with van der Waals surface area (Å²) >= 11 is 1.52. The van der Waals surface area contributed by atoms with Crippen molar-refractivity contribution < 1.29 is 13.9 Å². The molecule has 1 aliphatic heterocycles. The second kappa shape index (κ2) is 8.37. The standard InChI is InChI=1S/C24H23N3O4S/c1-24(2)20(13-17-12-16-8-9-21(28)30-18(16)14-19(17)31-24)29-11-10-25-23-27-26-22(32-23)15-6-4-3-5-7-15/h3-9,12,14,20H,10-11,13H2,1-2H3,(H,25,27)/t20-/m0/s1. The van der Waals surface area contributed by atoms with Crippen LogP contribution < -0.4 is 15.7 Å². The molecule has 8 heteroatoms. The Bertz CT molecular complexity index is 1300. The van der Waals surface area contributed by atoms with Crippen molar-refractivity contribution in [2.75, 3.05) is 18.5 Å². The van der Waals surface area contributed by atoms with E-state index in [9.17, 15) is 4.79 Å². The topological polar surface area (TPSA) is 86.5 Å². The lowest BCUT2D eigenvalue weighted by molar-refractivity contribution is -0.0807. The summed E-state index contributed by atoms with van der Waals surface area (Å²) in [7, 11) is 0. The number of nitrogens with zero attached hydrogens (tertiary/aromatic N) is 2. The Morgan fingerprint density at radius 3 is 2.84 bits per heavy atom. The first kappa shape index (κ1) is 20.7. The molecule has 32 heavy (non-hydrogen) atoms. The number of hydrogen-bond acceptors (Lipinski definition) is 8. The molecule has 7 nitrogen and oxygen atoms in total. The van der Waals surface area contributed by atoms with Crippen LogP contribution in [0.4, 0.5) is 5.13 Å². The Balaban J connectivity index is 1.21. The molecule has 0 unspecified atom stereocenters. The number of hydrogen-bond donors (Lipinski definition) is 1. The van der Waals surface area contributed by atoms with Crippen molar-refractivity contribution in [2.45, 2.75) is 32.0 Å². The van der Waals surface area contributed by atoms with Crippen LogP contribution in [-0.2, 0) is 11.2 Å². The van der Waals surface area contributed by atoms with Crippen molar-refractivity contribution in [1.82, 2.24) is 10.2 Å². The fraction of sp³-hybridized carbons (Fsp3) is 0.292. The highest BCUT2D eigenvalue weighted by molar-refractivity contribution is 7.18. The summed E-state index contributed by atoms with van der Waals surface area (Å²) in [5.74, 6) is 0.733. The van der Waals surface area contributed by atoms with Gasteiger partial charge < -0.3 is 19.2 Å². The highest BCUT2D eigenvalue weighted by Gasteiger charge is 2.38. The average molecular weight is 450 g/mol. The Labute approximate surface area is 189 Å². The van der Waals surface area contributed by atoms with Crippen LogP contribution in [-0.4, -0.2) is 35.1 Å². The maximum Gasteiger partial charge on any atom is 0.336 e. The first-order valence-corrected chi connectivity index (χ1v) is 11.3. The third-order valence-corrected chi connectivity index (χ3v) is 6.43. The van der Waals surface area contributed by atoms with Gasteiger partial charge in [-0.05, 0) is 31.5 Å². The summed E-state index contributed by atoms with van der Waals surface area (Å²) in [5.41, 5.74) is 1.75. The van der Waals surface area contributed by atoms with Gasteiger partial charge in [0.25, 0.3) is 0 Å². The van der Waals surface area contributed by atoms with Crippen LogP contribution in [0.1, 0.15) is 19.4 Å². The molecule has 0 bridgehead atoms. The van der Waals surface area contributed by atoms with Crippen molar-refractivity contribution in [3.8, 4) is 16.3 Å². The van der Waals surface area contributed by atoms with E-state index in [-0.39, 0.29) is 11.7 Å². The summed E-state index contributed by atoms with van der Waals surface area (Å²) in [6.07, 6.45) is 0.605. The largest absolute Gasteiger partial charge is 0.485 e. The molecule has 164 valence electrons. The van der Waals surface area contributed by atoms with Gasteiger partial charge in [-0.1, -0.05) is 41.7 Å². The Hall–Kier alpha value is -3.23. The van der Waals surface area contributed by atoms with E-state index in [1.807, 2.05) is 50.2 Å². The van der Waals surface area contributed by atoms with Crippen LogP contribution >= 0.6 is 11.3 Å². The molecule has 0 spiro atoms. The van der Waals surface area contributed by atoms with Crippen LogP contribution in [0.3, 0.4) is 0 Å². The van der Waals surface area contributed by atoms with Gasteiger partial charge in [-0.3, -0.25) is 0 Å². The molecule has 5 rings (SSSR count). The molecule has 2 aromatic heterocycles. The second-order valence-electron chi connectivity index (χ2n) is 8.23. The lowest BCUT2D eigenvalue weighted by Crippen LogP contribution is -2.48. The first-order valence-electron chi connectivity index (χ1n) is 10.5. The summed E-state index contributed by atoms with van der Waals surface area (Å²) < 4.78 is 17.7. The number of nitrogens with one attached hydrogen (secondary N) is 1. The summed E-state index contributed by atoms with van der Waals surface area (Å²) in [6, 6.07) is 17.0. The van der Waals surface area contributed by atoms with E-state index in [4.69, 9.17) is 13.9 Å². The maximum atomic E-state index is 11.5. The van der Waals surface area contributed by atoms with Gasteiger partial charge in [-0.2, -0.15) is 0 Å². The summed E-state index contributed by atoms with van der Waals surface area (Å²) in [5, 5.41) is 14.3. The quantitative estimate of drug-likeness (QED) is 0.342. The number of anilines is 1. The average Bonchev–Trinajstić information content (AvgIpc) is 3.25. The van der Waals surface area contributed by atoms with Crippen LogP contribution in [0.2, 0.25) is 0 Å². The zero-order valence-corrected chi connectivity index (χ0v) is 18.6. The van der Waals surface area contributed by atoms with Gasteiger partial charge in [-0.25, -0.2) is 4.79 Å². The predicted octanol–water partition coefficient (Wildman–Crippen LogP) is 4.52. The first-order chi connectivity index (χ1) is 15.5. The zero-order valence-electron chi connectivity index (χ0n) is 17.8. The van der Waals surface area contributed by atoms with Crippen LogP contribution in [0, 0.1) is 0 Å². The van der Waals surface area contributed by atoms with Gasteiger partial charge in [0, 0.05) is 36.0 Å². The van der Waals surface area contributed by atoms with Crippen molar-refractivity contribution >= 4 is 27.4 Å². The van der Waals surface area contributed by atoms with Gasteiger partial charge in [-0.15, -0.1) is 10.2 Å². The molecular formula is C24H23N3O4S. The highest BCUT2D eigenvalue weighted by Crippen LogP contribution is 2.37. The number of fused-ring (bicyclic) bond motifs is 2. The smallest absolute Gasteiger partial charge is 0.336 e. The molecule has 1 atom stereocenters. The van der Waals surface area contributed by atoms with Gasteiger partial charge in [0.05, 0.1) is 6.61 Å². The molecule has 1 aliphatic rings. The molecule has 1 N–H and O–H groups in total. The number of rotatable bonds is 6. The monoisotopic (exact) mass is 449 g/mol. The van der Waals surface area contributed by atoms with Crippen molar-refractivity contribution in [2.24, 2.45) is 0 Å². The predicted molar refractivity (Wildman–Crippen MR) is 124 cm³/mol. The van der Waals surface area contributed by atoms with E-state index < -0.39 is 5.60 Å². The fourth-order valence-corrected chi connectivity index (χ4v) is 4.58. The minimum Gasteiger partial charge on any atom is -0.485 e. The van der Waals surface area contributed by atoms with E-state index in [1.165, 1.54) is 17.4 Å². The van der Waals surface area contributed by atoms with Crippen molar-refractivity contribution in [1.29, 1.82) is 0 Å². The molecule has 2 aromatic carbocycles. The van der Waals surface area contributed by atoms with E-state index >= 15 is 0 Å². The molecule has 4 aromatic rings. The van der Waals surface area contributed by atoms with E-state index in [0.717, 1.165) is 32.4 Å². The SMILES string of the molecule is CC1(C)Oc2cc3oc(=O)ccc3cc2C[C@@H]1OCCNc1nnc(-c2ccccc2)s1. The molecule has 0 fully saturated rings. The van der Waals surface area contributed by atoms with Gasteiger partial charge in [0.1, 0.15) is 28.0 Å². The molecule has 0 radical (unpaired) electrons. The van der Waals surface area contributed by atoms with Crippen molar-refractivity contribution in [3.05, 3.63) is 70.6 Å². The van der Waals surface area contributed by atoms with Crippen LogP contribution in [0.15, 0.2) is 63.8 Å². The molecular weight excluding hydrogens is 426 g/mol. The molecule has 3 heterocycles. The summed E-state index contributed by atoms with van der Waals surface area (Å²) in [4.78, 5) is 11.5. The maximum absolute atomic E-state index is 11.5. The zero-order chi connectivity index (χ0) is 22.1. The third kappa shape index (κ3) is 4.24. The minimum absolute atomic E-state index is 0.112. The Morgan fingerprint density at radius 2 is 2.00 bits per heavy atom. The molecule has 0 saturated heterocycles. The number of ether oxygens (including phenoxy) is 2. The van der Waals surface area contributed by atoms with Gasteiger partial charge in [0.2, 0.25) is 5.13 Å². The summed E-state index contributed by atoms with van der Waals surface area (Å²) in [6.45, 7) is 5.15. The Morgan fingerprint density at radius 1 is 1.16 bits per heavy atom. The van der Waals surface area contributed by atoms with E-state index in [2.05, 4.69) is 15.5 Å². The molecule has 0 amide bonds. The van der Waals surface area contributed by atoms with E-state index in [0.29, 0.717) is 25.2 Å². The van der Waals surface area contributed by atoms with Crippen LogP contribution in [0.25, 0.3) is 21.5 Å². The third-order valence-electron chi connectivity index (χ3n) is 5.50. The van der Waals surface area contributed by atoms with Crippen LogP contribution in [0.5, 0.6) is 5.75 Å². The number of benzene rings is 2. The molecule has 0 aliphatic carbocycles. The second-order valence-corrected chi connectivity index (χ2v) is 9.20. The van der Waals surface area contributed by atoms with Crippen molar-refractivity contribution in [3.63, 3.8) is 0 Å². The lowest BCUT2D eigenvalue weighted by Gasteiger charge is -2.39. The highest BCUT2D eigenvalue weighted by atomic mass is 32.1. The fourth-order valence-electron chi connectivity index (χ4n) is 3.80. The van der Waals surface area contributed by atoms with E-state index in [1.54, 1.807) is 12.1 Å². The van der Waals surface area contributed by atoms with Gasteiger partial charge in [0.15, 0.2) is 0 Å². The normalized spacial score (nSPS) is 17.0. The lowest BCUT2D eigenvalue weighted by atomic mass is 9.90. The van der Waals surface area contributed by atoms with Gasteiger partial charge >= 0.3 is 5.63 Å². The number of aromatic nitrogens is 2. The molecule has 0 saturated carbocycles. The Kier molecular flexibility index (Phi) is 5.40. The minimum atomic E-state index is -0.515.